The Morgan fingerprint density at radius 1 is 0.288 bits per heavy atom. The summed E-state index contributed by atoms with van der Waals surface area (Å²) in [5.74, 6) is 9.97. The molecule has 0 spiro atoms. The predicted octanol–water partition coefficient (Wildman–Crippen LogP) is 19.7. The van der Waals surface area contributed by atoms with E-state index >= 15 is 0 Å². The molecule has 0 saturated heterocycles. The third-order valence-corrected chi connectivity index (χ3v) is 18.0. The van der Waals surface area contributed by atoms with Crippen LogP contribution in [0.1, 0.15) is 297 Å². The van der Waals surface area contributed by atoms with Crippen LogP contribution in [0.15, 0.2) is 0 Å². The fraction of sp³-hybridized carbons (Fsp3) is 1.00. The molecule has 0 N–H and O–H groups in total. The molecule has 1 heteroatoms. The van der Waals surface area contributed by atoms with Crippen LogP contribution in [-0.4, -0.2) is 13.2 Å². The first-order valence-electron chi connectivity index (χ1n) is 28.7. The van der Waals surface area contributed by atoms with E-state index in [2.05, 4.69) is 27.7 Å². The van der Waals surface area contributed by atoms with Crippen LogP contribution >= 0.6 is 0 Å². The second-order valence-electron chi connectivity index (χ2n) is 22.5. The Balaban J connectivity index is 1.26. The van der Waals surface area contributed by atoms with E-state index in [1.54, 1.807) is 0 Å². The van der Waals surface area contributed by atoms with Gasteiger partial charge in [-0.05, 0) is 123 Å². The number of hydrogen-bond acceptors (Lipinski definition) is 1. The fourth-order valence-corrected chi connectivity index (χ4v) is 14.0. The molecule has 4 aliphatic rings. The lowest BCUT2D eigenvalue weighted by Gasteiger charge is -2.41. The van der Waals surface area contributed by atoms with Crippen molar-refractivity contribution in [3.05, 3.63) is 0 Å². The van der Waals surface area contributed by atoms with E-state index in [0.29, 0.717) is 0 Å². The van der Waals surface area contributed by atoms with Gasteiger partial charge in [-0.3, -0.25) is 0 Å². The summed E-state index contributed by atoms with van der Waals surface area (Å²) < 4.78 is 6.88. The molecule has 0 heterocycles. The van der Waals surface area contributed by atoms with Crippen molar-refractivity contribution in [2.45, 2.75) is 297 Å². The molecule has 59 heavy (non-hydrogen) atoms. The molecule has 0 bridgehead atoms. The van der Waals surface area contributed by atoms with Crippen LogP contribution < -0.4 is 0 Å². The third-order valence-electron chi connectivity index (χ3n) is 18.0. The van der Waals surface area contributed by atoms with Gasteiger partial charge in [0, 0.05) is 13.2 Å². The first-order valence-corrected chi connectivity index (χ1v) is 28.7. The van der Waals surface area contributed by atoms with Crippen molar-refractivity contribution in [1.82, 2.24) is 0 Å². The Labute approximate surface area is 373 Å². The van der Waals surface area contributed by atoms with Crippen LogP contribution in [0.2, 0.25) is 0 Å². The van der Waals surface area contributed by atoms with E-state index < -0.39 is 0 Å². The first kappa shape index (κ1) is 51.6. The van der Waals surface area contributed by atoms with Gasteiger partial charge in [0.1, 0.15) is 0 Å². The largest absolute Gasteiger partial charge is 0.381 e. The summed E-state index contributed by atoms with van der Waals surface area (Å²) in [6.45, 7) is 11.5. The third kappa shape index (κ3) is 21.5. The minimum Gasteiger partial charge on any atom is -0.381 e. The molecule has 4 fully saturated rings. The maximum atomic E-state index is 6.88. The van der Waals surface area contributed by atoms with Crippen molar-refractivity contribution in [3.8, 4) is 0 Å². The molecule has 4 aliphatic carbocycles. The number of unbranched alkanes of at least 4 members (excludes halogenated alkanes) is 16. The van der Waals surface area contributed by atoms with Crippen LogP contribution in [-0.2, 0) is 4.74 Å². The average molecular weight is 824 g/mol. The Morgan fingerprint density at radius 3 is 0.729 bits per heavy atom. The molecule has 0 radical (unpaired) electrons. The van der Waals surface area contributed by atoms with E-state index in [9.17, 15) is 0 Å². The monoisotopic (exact) mass is 823 g/mol. The highest BCUT2D eigenvalue weighted by molar-refractivity contribution is 4.87. The quantitative estimate of drug-likeness (QED) is 0.0588. The smallest absolute Gasteiger partial charge is 0.0468 e. The maximum absolute atomic E-state index is 6.88. The lowest BCUT2D eigenvalue weighted by atomic mass is 9.65. The van der Waals surface area contributed by atoms with Crippen LogP contribution in [0.5, 0.6) is 0 Å². The van der Waals surface area contributed by atoms with Crippen molar-refractivity contribution in [2.75, 3.05) is 13.2 Å². The van der Waals surface area contributed by atoms with E-state index in [0.717, 1.165) is 72.4 Å². The summed E-state index contributed by atoms with van der Waals surface area (Å²) in [6, 6.07) is 0. The zero-order valence-corrected chi connectivity index (χ0v) is 41.3. The normalized spacial score (nSPS) is 29.1. The molecule has 348 valence electrons. The highest BCUT2D eigenvalue weighted by atomic mass is 16.5. The minimum atomic E-state index is 0.941. The van der Waals surface area contributed by atoms with Crippen molar-refractivity contribution in [3.63, 3.8) is 0 Å². The predicted molar refractivity (Wildman–Crippen MR) is 262 cm³/mol. The molecule has 0 aromatic heterocycles. The van der Waals surface area contributed by atoms with Crippen LogP contribution in [0.4, 0.5) is 0 Å². The summed E-state index contributed by atoms with van der Waals surface area (Å²) in [6.07, 6.45) is 62.5. The molecule has 0 aliphatic heterocycles. The zero-order valence-electron chi connectivity index (χ0n) is 41.3. The molecular formula is C58H110O. The second kappa shape index (κ2) is 33.5. The fourth-order valence-electron chi connectivity index (χ4n) is 14.0. The molecule has 0 atom stereocenters. The Kier molecular flexibility index (Phi) is 29.3. The molecule has 0 aromatic carbocycles. The molecule has 0 aromatic rings. The SMILES string of the molecule is CCCCCCCC1CCC(C(CCOCCC(C2CCC(CCCCCCC)CC2)C2CCC(CCCCCCC)CC2)C2CCC(CCCCCCC)CC2)CC1. The lowest BCUT2D eigenvalue weighted by Crippen LogP contribution is -2.32. The van der Waals surface area contributed by atoms with Crippen molar-refractivity contribution in [2.24, 2.45) is 59.2 Å². The van der Waals surface area contributed by atoms with Gasteiger partial charge >= 0.3 is 0 Å². The summed E-state index contributed by atoms with van der Waals surface area (Å²) >= 11 is 0. The average Bonchev–Trinajstić information content (AvgIpc) is 3.27. The molecule has 4 saturated carbocycles. The highest BCUT2D eigenvalue weighted by Gasteiger charge is 2.36. The van der Waals surface area contributed by atoms with Gasteiger partial charge in [-0.1, -0.05) is 233 Å². The standard InChI is InChI=1S/C58H110O/c1-5-9-13-17-21-25-49-29-37-53(38-30-49)57(54-39-31-50(32-40-54)26-22-18-14-10-6-2)45-47-59-48-46-58(55-41-33-51(34-42-55)27-23-19-15-11-7-3)56-43-35-52(36-44-56)28-24-20-16-12-8-4/h49-58H,5-48H2,1-4H3. The highest BCUT2D eigenvalue weighted by Crippen LogP contribution is 2.47. The van der Waals surface area contributed by atoms with Gasteiger partial charge in [-0.25, -0.2) is 0 Å². The summed E-state index contributed by atoms with van der Waals surface area (Å²) in [5, 5.41) is 0. The molecule has 4 rings (SSSR count). The van der Waals surface area contributed by atoms with Crippen LogP contribution in [0.3, 0.4) is 0 Å². The second-order valence-corrected chi connectivity index (χ2v) is 22.5. The van der Waals surface area contributed by atoms with Gasteiger partial charge < -0.3 is 4.74 Å². The van der Waals surface area contributed by atoms with E-state index in [4.69, 9.17) is 4.74 Å². The Hall–Kier alpha value is -0.0400. The van der Waals surface area contributed by atoms with Crippen LogP contribution in [0.25, 0.3) is 0 Å². The molecule has 1 nitrogen and oxygen atoms in total. The minimum absolute atomic E-state index is 0.941. The van der Waals surface area contributed by atoms with Crippen LogP contribution in [0, 0.1) is 59.2 Å². The molecular weight excluding hydrogens is 713 g/mol. The van der Waals surface area contributed by atoms with Gasteiger partial charge in [-0.15, -0.1) is 0 Å². The van der Waals surface area contributed by atoms with E-state index in [1.165, 1.54) is 270 Å². The van der Waals surface area contributed by atoms with Gasteiger partial charge in [0.25, 0.3) is 0 Å². The number of ether oxygens (including phenoxy) is 1. The van der Waals surface area contributed by atoms with E-state index in [-0.39, 0.29) is 0 Å². The Morgan fingerprint density at radius 2 is 0.508 bits per heavy atom. The van der Waals surface area contributed by atoms with Crippen molar-refractivity contribution >= 4 is 0 Å². The van der Waals surface area contributed by atoms with Crippen molar-refractivity contribution in [1.29, 1.82) is 0 Å². The Bertz CT molecular complexity index is 768. The lowest BCUT2D eigenvalue weighted by molar-refractivity contribution is 0.0366. The van der Waals surface area contributed by atoms with Gasteiger partial charge in [0.15, 0.2) is 0 Å². The van der Waals surface area contributed by atoms with Gasteiger partial charge in [-0.2, -0.15) is 0 Å². The molecule has 0 amide bonds. The van der Waals surface area contributed by atoms with Crippen molar-refractivity contribution < 1.29 is 4.74 Å². The van der Waals surface area contributed by atoms with Gasteiger partial charge in [0.2, 0.25) is 0 Å². The summed E-state index contributed by atoms with van der Waals surface area (Å²) in [4.78, 5) is 0. The number of rotatable bonds is 34. The number of hydrogen-bond donors (Lipinski definition) is 0. The maximum Gasteiger partial charge on any atom is 0.0468 e. The summed E-state index contributed by atoms with van der Waals surface area (Å²) in [5.41, 5.74) is 0. The summed E-state index contributed by atoms with van der Waals surface area (Å²) in [7, 11) is 0. The first-order chi connectivity index (χ1) is 29.1. The zero-order chi connectivity index (χ0) is 41.6. The molecule has 0 unspecified atom stereocenters. The topological polar surface area (TPSA) is 9.23 Å². The van der Waals surface area contributed by atoms with Gasteiger partial charge in [0.05, 0.1) is 0 Å². The van der Waals surface area contributed by atoms with E-state index in [1.807, 2.05) is 0 Å².